The highest BCUT2D eigenvalue weighted by molar-refractivity contribution is 5.74. The van der Waals surface area contributed by atoms with Gasteiger partial charge in [-0.2, -0.15) is 0 Å². The second-order valence-corrected chi connectivity index (χ2v) is 11.6. The molecule has 4 aromatic carbocycles. The summed E-state index contributed by atoms with van der Waals surface area (Å²) in [5.74, 6) is 0. The average molecular weight is 608 g/mol. The molecule has 3 atom stereocenters. The number of aliphatic hydroxyl groups excluding tert-OH is 1. The van der Waals surface area contributed by atoms with Gasteiger partial charge in [-0.05, 0) is 39.4 Å². The van der Waals surface area contributed by atoms with Crippen molar-refractivity contribution >= 4 is 6.03 Å². The van der Waals surface area contributed by atoms with Crippen LogP contribution in [0.1, 0.15) is 46.6 Å². The Morgan fingerprint density at radius 1 is 0.733 bits per heavy atom. The van der Waals surface area contributed by atoms with Crippen LogP contribution in [-0.4, -0.2) is 55.0 Å². The van der Waals surface area contributed by atoms with Crippen LogP contribution in [-0.2, 0) is 33.9 Å². The van der Waals surface area contributed by atoms with Gasteiger partial charge in [0.05, 0.1) is 32.0 Å². The Morgan fingerprint density at radius 2 is 1.42 bits per heavy atom. The van der Waals surface area contributed by atoms with E-state index in [0.717, 1.165) is 78.2 Å². The van der Waals surface area contributed by atoms with E-state index in [-0.39, 0.29) is 24.8 Å². The molecule has 0 radical (unpaired) electrons. The Labute approximate surface area is 264 Å². The second-order valence-electron chi connectivity index (χ2n) is 11.6. The summed E-state index contributed by atoms with van der Waals surface area (Å²) in [6, 6.07) is 34.2. The number of morpholine rings is 1. The topological polar surface area (TPSA) is 92.3 Å². The number of nitrogens with one attached hydrogen (secondary N) is 2. The van der Waals surface area contributed by atoms with E-state index in [4.69, 9.17) is 14.2 Å². The first kappa shape index (κ1) is 31.0. The van der Waals surface area contributed by atoms with Gasteiger partial charge in [0.1, 0.15) is 0 Å². The first-order valence-electron chi connectivity index (χ1n) is 15.7. The fraction of sp³-hybridized carbons (Fsp3) is 0.324. The van der Waals surface area contributed by atoms with Gasteiger partial charge >= 0.3 is 6.03 Å². The Bertz CT molecular complexity index is 1510. The summed E-state index contributed by atoms with van der Waals surface area (Å²) in [6.45, 7) is 5.08. The number of carbonyl (C=O) groups is 1. The minimum absolute atomic E-state index is 0.0121. The third-order valence-corrected chi connectivity index (χ3v) is 8.37. The van der Waals surface area contributed by atoms with Gasteiger partial charge < -0.3 is 30.0 Å². The maximum absolute atomic E-state index is 12.3. The summed E-state index contributed by atoms with van der Waals surface area (Å²) in [4.78, 5) is 14.7. The Balaban J connectivity index is 1.10. The van der Waals surface area contributed by atoms with E-state index in [0.29, 0.717) is 13.1 Å². The predicted octanol–water partition coefficient (Wildman–Crippen LogP) is 5.72. The van der Waals surface area contributed by atoms with Crippen molar-refractivity contribution < 1.29 is 24.1 Å². The number of amides is 2. The van der Waals surface area contributed by atoms with Crippen LogP contribution < -0.4 is 10.6 Å². The van der Waals surface area contributed by atoms with Crippen LogP contribution in [0.3, 0.4) is 0 Å². The molecule has 2 aliphatic rings. The zero-order chi connectivity index (χ0) is 30.8. The number of carbonyl (C=O) groups excluding carboxylic acids is 1. The highest BCUT2D eigenvalue weighted by Crippen LogP contribution is 2.38. The lowest BCUT2D eigenvalue weighted by Gasteiger charge is -2.39. The summed E-state index contributed by atoms with van der Waals surface area (Å²) < 4.78 is 18.6. The largest absolute Gasteiger partial charge is 0.392 e. The average Bonchev–Trinajstić information content (AvgIpc) is 3.11. The molecule has 2 fully saturated rings. The number of rotatable bonds is 10. The minimum Gasteiger partial charge on any atom is -0.392 e. The molecule has 0 saturated carbocycles. The summed E-state index contributed by atoms with van der Waals surface area (Å²) in [5, 5.41) is 15.3. The van der Waals surface area contributed by atoms with Gasteiger partial charge in [-0.15, -0.1) is 0 Å². The van der Waals surface area contributed by atoms with Crippen molar-refractivity contribution in [1.82, 2.24) is 15.5 Å². The molecule has 0 bridgehead atoms. The molecule has 234 valence electrons. The number of urea groups is 1. The van der Waals surface area contributed by atoms with E-state index in [1.807, 2.05) is 66.7 Å². The standard InChI is InChI=1S/C37H41N3O5/c41-26-28-9-11-31(12-10-28)35-22-34(25-40-17-19-43-20-18-40)44-36(45-35)32-15-13-30(14-16-32)33-8-4-7-29(21-33)24-39-37(42)38-23-27-5-2-1-3-6-27/h1-16,21,34-36,41H,17-20,22-26H2,(H2,38,39,42). The van der Waals surface area contributed by atoms with Crippen molar-refractivity contribution in [2.24, 2.45) is 0 Å². The van der Waals surface area contributed by atoms with Crippen molar-refractivity contribution in [2.75, 3.05) is 32.8 Å². The molecular formula is C37H41N3O5. The van der Waals surface area contributed by atoms with Crippen molar-refractivity contribution in [3.05, 3.63) is 131 Å². The molecule has 45 heavy (non-hydrogen) atoms. The maximum Gasteiger partial charge on any atom is 0.315 e. The van der Waals surface area contributed by atoms with Gasteiger partial charge in [0, 0.05) is 44.7 Å². The van der Waals surface area contributed by atoms with Crippen LogP contribution in [0.2, 0.25) is 0 Å². The first-order valence-corrected chi connectivity index (χ1v) is 15.7. The lowest BCUT2D eigenvalue weighted by atomic mass is 9.99. The van der Waals surface area contributed by atoms with Gasteiger partial charge in [0.2, 0.25) is 0 Å². The smallest absolute Gasteiger partial charge is 0.315 e. The van der Waals surface area contributed by atoms with Crippen molar-refractivity contribution in [3.8, 4) is 11.1 Å². The van der Waals surface area contributed by atoms with Crippen LogP contribution in [0.25, 0.3) is 11.1 Å². The predicted molar refractivity (Wildman–Crippen MR) is 173 cm³/mol. The molecule has 2 amide bonds. The lowest BCUT2D eigenvalue weighted by Crippen LogP contribution is -2.44. The van der Waals surface area contributed by atoms with E-state index >= 15 is 0 Å². The van der Waals surface area contributed by atoms with Gasteiger partial charge in [0.15, 0.2) is 6.29 Å². The van der Waals surface area contributed by atoms with Gasteiger partial charge in [-0.25, -0.2) is 4.79 Å². The van der Waals surface area contributed by atoms with E-state index in [1.54, 1.807) is 0 Å². The highest BCUT2D eigenvalue weighted by atomic mass is 16.7. The van der Waals surface area contributed by atoms with Crippen LogP contribution in [0.4, 0.5) is 4.79 Å². The minimum atomic E-state index is -0.494. The number of ether oxygens (including phenoxy) is 3. The number of nitrogens with zero attached hydrogens (tertiary/aromatic N) is 1. The third-order valence-electron chi connectivity index (χ3n) is 8.37. The first-order chi connectivity index (χ1) is 22.1. The quantitative estimate of drug-likeness (QED) is 0.214. The number of hydrogen-bond donors (Lipinski definition) is 3. The molecule has 0 aromatic heterocycles. The number of aliphatic hydroxyl groups is 1. The molecule has 8 heteroatoms. The number of hydrogen-bond acceptors (Lipinski definition) is 6. The molecule has 3 N–H and O–H groups in total. The summed E-state index contributed by atoms with van der Waals surface area (Å²) >= 11 is 0. The monoisotopic (exact) mass is 607 g/mol. The lowest BCUT2D eigenvalue weighted by molar-refractivity contribution is -0.253. The molecule has 4 aromatic rings. The van der Waals surface area contributed by atoms with Crippen LogP contribution in [0, 0.1) is 0 Å². The molecule has 2 saturated heterocycles. The fourth-order valence-electron chi connectivity index (χ4n) is 5.82. The van der Waals surface area contributed by atoms with Crippen molar-refractivity contribution in [2.45, 2.75) is 44.6 Å². The zero-order valence-corrected chi connectivity index (χ0v) is 25.4. The molecule has 2 heterocycles. The van der Waals surface area contributed by atoms with Crippen LogP contribution in [0.5, 0.6) is 0 Å². The van der Waals surface area contributed by atoms with E-state index in [2.05, 4.69) is 51.9 Å². The Morgan fingerprint density at radius 3 is 2.16 bits per heavy atom. The van der Waals surface area contributed by atoms with Crippen molar-refractivity contribution in [3.63, 3.8) is 0 Å². The zero-order valence-electron chi connectivity index (χ0n) is 25.4. The maximum atomic E-state index is 12.3. The van der Waals surface area contributed by atoms with E-state index < -0.39 is 6.29 Å². The highest BCUT2D eigenvalue weighted by Gasteiger charge is 2.33. The van der Waals surface area contributed by atoms with E-state index in [1.165, 1.54) is 0 Å². The molecule has 0 spiro atoms. The Kier molecular flexibility index (Phi) is 10.5. The second kappa shape index (κ2) is 15.3. The molecule has 8 nitrogen and oxygen atoms in total. The number of benzene rings is 4. The van der Waals surface area contributed by atoms with Gasteiger partial charge in [0.25, 0.3) is 0 Å². The summed E-state index contributed by atoms with van der Waals surface area (Å²) in [6.07, 6.45) is 0.163. The van der Waals surface area contributed by atoms with Crippen LogP contribution >= 0.6 is 0 Å². The Hall–Kier alpha value is -4.05. The van der Waals surface area contributed by atoms with Crippen LogP contribution in [0.15, 0.2) is 103 Å². The molecule has 6 rings (SSSR count). The van der Waals surface area contributed by atoms with Gasteiger partial charge in [-0.3, -0.25) is 4.90 Å². The third kappa shape index (κ3) is 8.57. The summed E-state index contributed by atoms with van der Waals surface area (Å²) in [5.41, 5.74) is 7.16. The fourth-order valence-corrected chi connectivity index (χ4v) is 5.82. The molecule has 0 aliphatic carbocycles. The molecular weight excluding hydrogens is 566 g/mol. The normalized spacial score (nSPS) is 20.4. The molecule has 3 unspecified atom stereocenters. The van der Waals surface area contributed by atoms with Crippen molar-refractivity contribution in [1.29, 1.82) is 0 Å². The van der Waals surface area contributed by atoms with Gasteiger partial charge in [-0.1, -0.05) is 97.1 Å². The van der Waals surface area contributed by atoms with E-state index in [9.17, 15) is 9.90 Å². The summed E-state index contributed by atoms with van der Waals surface area (Å²) in [7, 11) is 0. The SMILES string of the molecule is O=C(NCc1ccccc1)NCc1cccc(-c2ccc(C3OC(CN4CCOCC4)CC(c4ccc(CO)cc4)O3)cc2)c1. The molecule has 2 aliphatic heterocycles.